The van der Waals surface area contributed by atoms with E-state index in [4.69, 9.17) is 0 Å². The number of rotatable bonds is 2. The second-order valence-electron chi connectivity index (χ2n) is 5.83. The summed E-state index contributed by atoms with van der Waals surface area (Å²) in [6, 6.07) is 10.0. The number of carbonyl (C=O) groups is 1. The van der Waals surface area contributed by atoms with Gasteiger partial charge in [0, 0.05) is 6.54 Å². The van der Waals surface area contributed by atoms with E-state index in [1.165, 1.54) is 0 Å². The average Bonchev–Trinajstić information content (AvgIpc) is 2.87. The highest BCUT2D eigenvalue weighted by Crippen LogP contribution is 2.71. The molecule has 3 saturated carbocycles. The van der Waals surface area contributed by atoms with Crippen LogP contribution in [0.5, 0.6) is 0 Å². The van der Waals surface area contributed by atoms with Crippen LogP contribution >= 0.6 is 0 Å². The largest absolute Gasteiger partial charge is 0.391 e. The van der Waals surface area contributed by atoms with E-state index >= 15 is 0 Å². The van der Waals surface area contributed by atoms with Crippen LogP contribution in [0.4, 0.5) is 0 Å². The summed E-state index contributed by atoms with van der Waals surface area (Å²) in [5.74, 6) is 0.270. The van der Waals surface area contributed by atoms with Crippen LogP contribution in [0, 0.1) is 5.41 Å². The normalized spacial score (nSPS) is 41.8. The Hall–Kier alpha value is -1.35. The molecule has 0 radical (unpaired) electrons. The third-order valence-corrected chi connectivity index (χ3v) is 4.91. The van der Waals surface area contributed by atoms with E-state index in [0.29, 0.717) is 13.0 Å². The van der Waals surface area contributed by atoms with Gasteiger partial charge in [0.1, 0.15) is 0 Å². The molecule has 2 aliphatic heterocycles. The molecule has 1 unspecified atom stereocenters. The molecule has 5 fully saturated rings. The number of benzene rings is 1. The number of amides is 1. The van der Waals surface area contributed by atoms with Gasteiger partial charge in [0.2, 0.25) is 5.91 Å². The summed E-state index contributed by atoms with van der Waals surface area (Å²) < 4.78 is 0. The van der Waals surface area contributed by atoms with E-state index in [-0.39, 0.29) is 23.0 Å². The van der Waals surface area contributed by atoms with Crippen molar-refractivity contribution >= 4 is 5.91 Å². The van der Waals surface area contributed by atoms with Crippen molar-refractivity contribution in [3.8, 4) is 0 Å². The van der Waals surface area contributed by atoms with Crippen molar-refractivity contribution in [3.63, 3.8) is 0 Å². The molecule has 2 heterocycles. The summed E-state index contributed by atoms with van der Waals surface area (Å²) in [6.07, 6.45) is 2.15. The highest BCUT2D eigenvalue weighted by atomic mass is 16.3. The maximum Gasteiger partial charge on any atom is 0.229 e. The lowest BCUT2D eigenvalue weighted by Crippen LogP contribution is -2.50. The maximum atomic E-state index is 12.3. The third kappa shape index (κ3) is 0.951. The van der Waals surface area contributed by atoms with Crippen LogP contribution in [-0.2, 0) is 11.3 Å². The number of nitrogens with zero attached hydrogens (tertiary/aromatic N) is 1. The molecule has 0 spiro atoms. The zero-order valence-electron chi connectivity index (χ0n) is 9.60. The van der Waals surface area contributed by atoms with Crippen LogP contribution in [0.15, 0.2) is 30.3 Å². The number of aliphatic hydroxyl groups is 1. The number of carbonyl (C=O) groups excluding carboxylic acids is 1. The molecule has 1 N–H and O–H groups in total. The average molecular weight is 229 g/mol. The molecule has 2 bridgehead atoms. The highest BCUT2D eigenvalue weighted by Gasteiger charge is 2.79. The SMILES string of the molecule is O=C1N(Cc2ccccc2)C23CC1(CC2O)C3. The summed E-state index contributed by atoms with van der Waals surface area (Å²) in [7, 11) is 0. The Labute approximate surface area is 100 Å². The van der Waals surface area contributed by atoms with Crippen molar-refractivity contribution in [1.29, 1.82) is 0 Å². The molecule has 1 aromatic carbocycles. The first-order chi connectivity index (χ1) is 8.16. The topological polar surface area (TPSA) is 40.5 Å². The van der Waals surface area contributed by atoms with Crippen LogP contribution in [0.3, 0.4) is 0 Å². The van der Waals surface area contributed by atoms with E-state index in [0.717, 1.165) is 18.4 Å². The van der Waals surface area contributed by atoms with E-state index in [9.17, 15) is 9.90 Å². The second kappa shape index (κ2) is 2.72. The summed E-state index contributed by atoms with van der Waals surface area (Å²) in [5.41, 5.74) is 0.748. The molecule has 17 heavy (non-hydrogen) atoms. The van der Waals surface area contributed by atoms with Gasteiger partial charge in [-0.05, 0) is 24.8 Å². The summed E-state index contributed by atoms with van der Waals surface area (Å²) in [6.45, 7) is 0.651. The van der Waals surface area contributed by atoms with Gasteiger partial charge in [-0.3, -0.25) is 4.79 Å². The molecular weight excluding hydrogens is 214 g/mol. The number of hydrogen-bond donors (Lipinski definition) is 1. The summed E-state index contributed by atoms with van der Waals surface area (Å²) in [4.78, 5) is 14.2. The van der Waals surface area contributed by atoms with Crippen LogP contribution in [0.25, 0.3) is 0 Å². The fourth-order valence-electron chi connectivity index (χ4n) is 4.15. The Bertz CT molecular complexity index is 490. The van der Waals surface area contributed by atoms with Crippen molar-refractivity contribution in [2.24, 2.45) is 5.41 Å². The monoisotopic (exact) mass is 229 g/mol. The lowest BCUT2D eigenvalue weighted by molar-refractivity contribution is -0.138. The third-order valence-electron chi connectivity index (χ3n) is 4.91. The fourth-order valence-corrected chi connectivity index (χ4v) is 4.15. The van der Waals surface area contributed by atoms with E-state index in [1.807, 2.05) is 35.2 Å². The van der Waals surface area contributed by atoms with Crippen molar-refractivity contribution in [2.75, 3.05) is 0 Å². The quantitative estimate of drug-likeness (QED) is 0.830. The Morgan fingerprint density at radius 3 is 2.65 bits per heavy atom. The van der Waals surface area contributed by atoms with Crippen LogP contribution in [0.2, 0.25) is 0 Å². The molecule has 1 atom stereocenters. The molecule has 2 saturated heterocycles. The molecule has 0 aromatic heterocycles. The summed E-state index contributed by atoms with van der Waals surface area (Å²) in [5, 5.41) is 10.1. The van der Waals surface area contributed by atoms with Crippen molar-refractivity contribution in [2.45, 2.75) is 37.5 Å². The maximum absolute atomic E-state index is 12.3. The molecule has 88 valence electrons. The molecule has 6 rings (SSSR count). The first-order valence-corrected chi connectivity index (χ1v) is 6.20. The number of hydrogen-bond acceptors (Lipinski definition) is 2. The highest BCUT2D eigenvalue weighted by molar-refractivity contribution is 5.92. The van der Waals surface area contributed by atoms with Crippen LogP contribution in [0.1, 0.15) is 24.8 Å². The molecule has 3 heteroatoms. The lowest BCUT2D eigenvalue weighted by Gasteiger charge is -2.39. The standard InChI is InChI=1S/C14H15NO2/c16-11-6-13-8-14(11,9-13)15(12(13)17)7-10-4-2-1-3-5-10/h1-5,11,16H,6-9H2. The Kier molecular flexibility index (Phi) is 1.55. The molecule has 3 aliphatic carbocycles. The summed E-state index contributed by atoms with van der Waals surface area (Å²) >= 11 is 0. The predicted octanol–water partition coefficient (Wildman–Crippen LogP) is 1.31. The van der Waals surface area contributed by atoms with Gasteiger partial charge >= 0.3 is 0 Å². The number of fused-ring (bicyclic) bond motifs is 2. The number of piperidine rings is 1. The van der Waals surface area contributed by atoms with Gasteiger partial charge in [0.15, 0.2) is 0 Å². The van der Waals surface area contributed by atoms with Crippen molar-refractivity contribution < 1.29 is 9.90 Å². The molecular formula is C14H15NO2. The van der Waals surface area contributed by atoms with Gasteiger partial charge in [-0.25, -0.2) is 0 Å². The zero-order chi connectivity index (χ0) is 11.7. The van der Waals surface area contributed by atoms with E-state index < -0.39 is 0 Å². The smallest absolute Gasteiger partial charge is 0.229 e. The van der Waals surface area contributed by atoms with Gasteiger partial charge in [-0.2, -0.15) is 0 Å². The van der Waals surface area contributed by atoms with Crippen molar-refractivity contribution in [1.82, 2.24) is 4.90 Å². The Balaban J connectivity index is 1.67. The second-order valence-corrected chi connectivity index (χ2v) is 5.83. The predicted molar refractivity (Wildman–Crippen MR) is 62.0 cm³/mol. The van der Waals surface area contributed by atoms with Gasteiger partial charge in [0.25, 0.3) is 0 Å². The first kappa shape index (κ1) is 9.66. The lowest BCUT2D eigenvalue weighted by atomic mass is 9.70. The molecule has 3 nitrogen and oxygen atoms in total. The van der Waals surface area contributed by atoms with Crippen molar-refractivity contribution in [3.05, 3.63) is 35.9 Å². The van der Waals surface area contributed by atoms with Gasteiger partial charge < -0.3 is 10.0 Å². The van der Waals surface area contributed by atoms with Crippen LogP contribution < -0.4 is 0 Å². The Morgan fingerprint density at radius 2 is 2.00 bits per heavy atom. The Morgan fingerprint density at radius 1 is 1.29 bits per heavy atom. The minimum atomic E-state index is -0.302. The molecule has 1 amide bonds. The minimum Gasteiger partial charge on any atom is -0.391 e. The minimum absolute atomic E-state index is 0.186. The molecule has 5 aliphatic rings. The molecule has 1 aromatic rings. The van der Waals surface area contributed by atoms with E-state index in [1.54, 1.807) is 0 Å². The first-order valence-electron chi connectivity index (χ1n) is 6.20. The fraction of sp³-hybridized carbons (Fsp3) is 0.500. The number of aliphatic hydroxyl groups excluding tert-OH is 1. The van der Waals surface area contributed by atoms with Gasteiger partial charge in [-0.1, -0.05) is 30.3 Å². The van der Waals surface area contributed by atoms with Gasteiger partial charge in [-0.15, -0.1) is 0 Å². The van der Waals surface area contributed by atoms with Gasteiger partial charge in [0.05, 0.1) is 17.1 Å². The van der Waals surface area contributed by atoms with E-state index in [2.05, 4.69) is 0 Å². The zero-order valence-corrected chi connectivity index (χ0v) is 9.60. The van der Waals surface area contributed by atoms with Crippen LogP contribution in [-0.4, -0.2) is 27.6 Å².